The number of fused-ring (bicyclic) bond motifs is 1. The molecule has 0 spiro atoms. The van der Waals surface area contributed by atoms with E-state index in [2.05, 4.69) is 51.9 Å². The number of rotatable bonds is 5. The highest BCUT2D eigenvalue weighted by molar-refractivity contribution is 7.17. The first-order chi connectivity index (χ1) is 13.2. The highest BCUT2D eigenvalue weighted by atomic mass is 32.1. The largest absolute Gasteiger partial charge is 0.366 e. The van der Waals surface area contributed by atoms with Crippen LogP contribution in [0.4, 0.5) is 11.5 Å². The lowest BCUT2D eigenvalue weighted by Crippen LogP contribution is -2.10. The molecule has 3 N–H and O–H groups in total. The lowest BCUT2D eigenvalue weighted by atomic mass is 10.0. The average Bonchev–Trinajstić information content (AvgIpc) is 3.14. The van der Waals surface area contributed by atoms with Crippen LogP contribution in [0.3, 0.4) is 0 Å². The van der Waals surface area contributed by atoms with Crippen LogP contribution in [0.15, 0.2) is 60.2 Å². The lowest BCUT2D eigenvalue weighted by Gasteiger charge is -2.09. The summed E-state index contributed by atoms with van der Waals surface area (Å²) in [7, 11) is 0. The summed E-state index contributed by atoms with van der Waals surface area (Å²) in [6.45, 7) is 2.15. The van der Waals surface area contributed by atoms with Crippen molar-refractivity contribution in [3.8, 4) is 11.1 Å². The zero-order valence-electron chi connectivity index (χ0n) is 14.8. The van der Waals surface area contributed by atoms with Gasteiger partial charge in [0.2, 0.25) is 5.91 Å². The van der Waals surface area contributed by atoms with Gasteiger partial charge in [-0.15, -0.1) is 11.3 Å². The smallest absolute Gasteiger partial charge is 0.248 e. The van der Waals surface area contributed by atoms with Gasteiger partial charge in [-0.2, -0.15) is 0 Å². The van der Waals surface area contributed by atoms with E-state index in [9.17, 15) is 4.79 Å². The molecule has 0 aliphatic heterocycles. The summed E-state index contributed by atoms with van der Waals surface area (Å²) in [5, 5.41) is 6.44. The summed E-state index contributed by atoms with van der Waals surface area (Å²) in [4.78, 5) is 21.0. The van der Waals surface area contributed by atoms with Crippen LogP contribution >= 0.6 is 11.3 Å². The third-order valence-electron chi connectivity index (χ3n) is 4.48. The van der Waals surface area contributed by atoms with Crippen molar-refractivity contribution < 1.29 is 4.79 Å². The minimum absolute atomic E-state index is 0.443. The fourth-order valence-corrected chi connectivity index (χ4v) is 3.87. The number of carbonyl (C=O) groups is 1. The van der Waals surface area contributed by atoms with Crippen LogP contribution in [0.1, 0.15) is 22.8 Å². The lowest BCUT2D eigenvalue weighted by molar-refractivity contribution is 0.100. The Morgan fingerprint density at radius 1 is 1.07 bits per heavy atom. The number of nitrogens with one attached hydrogen (secondary N) is 1. The van der Waals surface area contributed by atoms with E-state index < -0.39 is 5.91 Å². The highest BCUT2D eigenvalue weighted by Gasteiger charge is 2.13. The van der Waals surface area contributed by atoms with Crippen LogP contribution in [0, 0.1) is 0 Å². The van der Waals surface area contributed by atoms with Crippen LogP contribution in [-0.2, 0) is 6.42 Å². The minimum Gasteiger partial charge on any atom is -0.366 e. The van der Waals surface area contributed by atoms with Crippen molar-refractivity contribution in [1.29, 1.82) is 0 Å². The summed E-state index contributed by atoms with van der Waals surface area (Å²) in [6, 6.07) is 15.6. The number of thiophene rings is 1. The number of aromatic nitrogens is 2. The molecule has 134 valence electrons. The van der Waals surface area contributed by atoms with E-state index in [1.807, 2.05) is 12.1 Å². The molecule has 6 heteroatoms. The molecule has 0 radical (unpaired) electrons. The van der Waals surface area contributed by atoms with Crippen molar-refractivity contribution >= 4 is 39.0 Å². The third-order valence-corrected chi connectivity index (χ3v) is 5.36. The van der Waals surface area contributed by atoms with Gasteiger partial charge < -0.3 is 11.1 Å². The van der Waals surface area contributed by atoms with Gasteiger partial charge in [-0.25, -0.2) is 9.97 Å². The molecule has 0 fully saturated rings. The molecule has 0 aliphatic carbocycles. The van der Waals surface area contributed by atoms with E-state index in [1.54, 1.807) is 29.8 Å². The van der Waals surface area contributed by atoms with Crippen molar-refractivity contribution in [3.05, 3.63) is 71.4 Å². The first kappa shape index (κ1) is 17.2. The fourth-order valence-electron chi connectivity index (χ4n) is 2.96. The number of amides is 1. The van der Waals surface area contributed by atoms with Gasteiger partial charge in [0.15, 0.2) is 0 Å². The quantitative estimate of drug-likeness (QED) is 0.527. The van der Waals surface area contributed by atoms with E-state index in [-0.39, 0.29) is 0 Å². The molecule has 0 bridgehead atoms. The second kappa shape index (κ2) is 7.17. The number of nitrogens with zero attached hydrogens (tertiary/aromatic N) is 2. The van der Waals surface area contributed by atoms with Crippen molar-refractivity contribution in [1.82, 2.24) is 9.97 Å². The topological polar surface area (TPSA) is 80.9 Å². The normalized spacial score (nSPS) is 10.9. The Labute approximate surface area is 160 Å². The predicted octanol–water partition coefficient (Wildman–Crippen LogP) is 4.76. The maximum Gasteiger partial charge on any atom is 0.248 e. The molecule has 4 rings (SSSR count). The van der Waals surface area contributed by atoms with E-state index in [0.717, 1.165) is 39.3 Å². The zero-order valence-corrected chi connectivity index (χ0v) is 15.6. The average molecular weight is 374 g/mol. The number of benzene rings is 2. The summed E-state index contributed by atoms with van der Waals surface area (Å²) in [5.74, 6) is 0.296. The molecule has 0 atom stereocenters. The SMILES string of the molecule is CCc1ccc(-c2csc3ncnc(Nc4ccc(C(N)=O)cc4)c23)cc1. The Morgan fingerprint density at radius 2 is 1.81 bits per heavy atom. The van der Waals surface area contributed by atoms with Gasteiger partial charge in [0.25, 0.3) is 0 Å². The molecule has 0 saturated carbocycles. The molecule has 2 aromatic heterocycles. The minimum atomic E-state index is -0.443. The molecule has 0 saturated heterocycles. The van der Waals surface area contributed by atoms with Crippen LogP contribution in [-0.4, -0.2) is 15.9 Å². The molecule has 0 aliphatic rings. The first-order valence-electron chi connectivity index (χ1n) is 8.64. The van der Waals surface area contributed by atoms with Crippen molar-refractivity contribution in [3.63, 3.8) is 0 Å². The Morgan fingerprint density at radius 3 is 2.48 bits per heavy atom. The Kier molecular flexibility index (Phi) is 4.56. The molecule has 27 heavy (non-hydrogen) atoms. The number of nitrogens with two attached hydrogens (primary N) is 1. The number of primary amides is 1. The predicted molar refractivity (Wildman–Crippen MR) is 110 cm³/mol. The molecular formula is C21H18N4OS. The number of aryl methyl sites for hydroxylation is 1. The van der Waals surface area contributed by atoms with E-state index in [4.69, 9.17) is 5.73 Å². The Bertz CT molecular complexity index is 1100. The van der Waals surface area contributed by atoms with Gasteiger partial charge >= 0.3 is 0 Å². The van der Waals surface area contributed by atoms with Gasteiger partial charge in [0.05, 0.1) is 5.39 Å². The van der Waals surface area contributed by atoms with Crippen molar-refractivity contribution in [2.24, 2.45) is 5.73 Å². The molecule has 1 amide bonds. The Hall–Kier alpha value is -3.25. The third kappa shape index (κ3) is 3.39. The number of carbonyl (C=O) groups excluding carboxylic acids is 1. The van der Waals surface area contributed by atoms with Crippen molar-refractivity contribution in [2.75, 3.05) is 5.32 Å². The number of hydrogen-bond donors (Lipinski definition) is 2. The first-order valence-corrected chi connectivity index (χ1v) is 9.52. The summed E-state index contributed by atoms with van der Waals surface area (Å²) >= 11 is 1.60. The van der Waals surface area contributed by atoms with Crippen molar-refractivity contribution in [2.45, 2.75) is 13.3 Å². The summed E-state index contributed by atoms with van der Waals surface area (Å²) < 4.78 is 0. The highest BCUT2D eigenvalue weighted by Crippen LogP contribution is 2.37. The summed E-state index contributed by atoms with van der Waals surface area (Å²) in [6.07, 6.45) is 2.57. The monoisotopic (exact) mass is 374 g/mol. The van der Waals surface area contributed by atoms with Gasteiger partial charge in [0, 0.05) is 22.2 Å². The summed E-state index contributed by atoms with van der Waals surface area (Å²) in [5.41, 5.74) is 10.2. The number of anilines is 2. The molecule has 2 heterocycles. The van der Waals surface area contributed by atoms with Crippen LogP contribution < -0.4 is 11.1 Å². The second-order valence-electron chi connectivity index (χ2n) is 6.17. The van der Waals surface area contributed by atoms with Gasteiger partial charge in [-0.3, -0.25) is 4.79 Å². The van der Waals surface area contributed by atoms with Crippen LogP contribution in [0.25, 0.3) is 21.3 Å². The standard InChI is InChI=1S/C21H18N4OS/c1-2-13-3-5-14(6-4-13)17-11-27-21-18(17)20(23-12-24-21)25-16-9-7-15(8-10-16)19(22)26/h3-12H,2H2,1H3,(H2,22,26)(H,23,24,25). The number of hydrogen-bond acceptors (Lipinski definition) is 5. The second-order valence-corrected chi connectivity index (χ2v) is 7.03. The molecular weight excluding hydrogens is 356 g/mol. The van der Waals surface area contributed by atoms with E-state index in [1.165, 1.54) is 5.56 Å². The van der Waals surface area contributed by atoms with Crippen LogP contribution in [0.2, 0.25) is 0 Å². The van der Waals surface area contributed by atoms with Gasteiger partial charge in [-0.05, 0) is 41.8 Å². The van der Waals surface area contributed by atoms with E-state index in [0.29, 0.717) is 5.56 Å². The maximum absolute atomic E-state index is 11.2. The van der Waals surface area contributed by atoms with E-state index >= 15 is 0 Å². The van der Waals surface area contributed by atoms with Gasteiger partial charge in [-0.1, -0.05) is 31.2 Å². The Balaban J connectivity index is 1.74. The fraction of sp³-hybridized carbons (Fsp3) is 0.0952. The van der Waals surface area contributed by atoms with Gasteiger partial charge in [0.1, 0.15) is 17.0 Å². The van der Waals surface area contributed by atoms with Crippen LogP contribution in [0.5, 0.6) is 0 Å². The molecule has 0 unspecified atom stereocenters. The maximum atomic E-state index is 11.2. The molecule has 5 nitrogen and oxygen atoms in total. The molecule has 2 aromatic carbocycles. The zero-order chi connectivity index (χ0) is 18.8. The molecule has 4 aromatic rings.